The minimum absolute atomic E-state index is 0.115. The fraction of sp³-hybridized carbons (Fsp3) is 0.308. The van der Waals surface area contributed by atoms with Gasteiger partial charge in [0, 0.05) is 24.0 Å². The minimum Gasteiger partial charge on any atom is -0.271 e. The van der Waals surface area contributed by atoms with Gasteiger partial charge >= 0.3 is 6.18 Å². The van der Waals surface area contributed by atoms with Crippen LogP contribution in [0.2, 0.25) is 0 Å². The molecule has 0 amide bonds. The summed E-state index contributed by atoms with van der Waals surface area (Å²) >= 11 is 0. The van der Waals surface area contributed by atoms with E-state index in [2.05, 4.69) is 10.4 Å². The highest BCUT2D eigenvalue weighted by atomic mass is 19.4. The van der Waals surface area contributed by atoms with E-state index < -0.39 is 18.6 Å². The maximum atomic E-state index is 12.3. The average molecular weight is 269 g/mol. The highest BCUT2D eigenvalue weighted by Gasteiger charge is 2.29. The van der Waals surface area contributed by atoms with Gasteiger partial charge in [0.1, 0.15) is 0 Å². The maximum absolute atomic E-state index is 12.3. The Labute approximate surface area is 108 Å². The molecule has 0 aliphatic rings. The lowest BCUT2D eigenvalue weighted by molar-refractivity contribution is -0.136. The third-order valence-corrected chi connectivity index (χ3v) is 2.96. The maximum Gasteiger partial charge on any atom is 0.389 e. The summed E-state index contributed by atoms with van der Waals surface area (Å²) in [6.07, 6.45) is -3.57. The van der Waals surface area contributed by atoms with Gasteiger partial charge in [-0.1, -0.05) is 24.3 Å². The second-order valence-electron chi connectivity index (χ2n) is 4.30. The zero-order chi connectivity index (χ0) is 13.9. The van der Waals surface area contributed by atoms with Crippen LogP contribution < -0.4 is 11.3 Å². The molecule has 0 aliphatic carbocycles. The van der Waals surface area contributed by atoms with E-state index in [4.69, 9.17) is 5.84 Å². The van der Waals surface area contributed by atoms with Crippen LogP contribution in [0.4, 0.5) is 13.2 Å². The third-order valence-electron chi connectivity index (χ3n) is 2.96. The van der Waals surface area contributed by atoms with Gasteiger partial charge in [-0.3, -0.25) is 16.3 Å². The van der Waals surface area contributed by atoms with Gasteiger partial charge < -0.3 is 0 Å². The number of hydrogen-bond acceptors (Lipinski definition) is 3. The molecule has 3 N–H and O–H groups in total. The van der Waals surface area contributed by atoms with Crippen LogP contribution in [0, 0.1) is 0 Å². The number of hydrazine groups is 1. The van der Waals surface area contributed by atoms with E-state index in [9.17, 15) is 13.2 Å². The number of fused-ring (bicyclic) bond motifs is 1. The molecule has 2 rings (SSSR count). The van der Waals surface area contributed by atoms with Gasteiger partial charge in [-0.25, -0.2) is 0 Å². The SMILES string of the molecule is NNC(CCC(F)(F)F)c1cccc2cccnc12. The molecule has 1 aromatic carbocycles. The molecule has 3 nitrogen and oxygen atoms in total. The number of nitrogens with zero attached hydrogens (tertiary/aromatic N) is 1. The van der Waals surface area contributed by atoms with Gasteiger partial charge in [0.05, 0.1) is 5.52 Å². The number of para-hydroxylation sites is 1. The van der Waals surface area contributed by atoms with E-state index in [0.717, 1.165) is 5.39 Å². The average Bonchev–Trinajstić information content (AvgIpc) is 2.38. The zero-order valence-electron chi connectivity index (χ0n) is 10.1. The number of nitrogens with two attached hydrogens (primary N) is 1. The van der Waals surface area contributed by atoms with Crippen LogP contribution in [0.5, 0.6) is 0 Å². The number of alkyl halides is 3. The Morgan fingerprint density at radius 2 is 1.95 bits per heavy atom. The Hall–Kier alpha value is -1.66. The predicted octanol–water partition coefficient (Wildman–Crippen LogP) is 3.08. The van der Waals surface area contributed by atoms with Gasteiger partial charge in [0.25, 0.3) is 0 Å². The molecule has 0 aliphatic heterocycles. The van der Waals surface area contributed by atoms with Crippen molar-refractivity contribution in [2.45, 2.75) is 25.1 Å². The lowest BCUT2D eigenvalue weighted by Crippen LogP contribution is -2.29. The molecule has 0 radical (unpaired) electrons. The number of benzene rings is 1. The quantitative estimate of drug-likeness (QED) is 0.662. The van der Waals surface area contributed by atoms with Crippen molar-refractivity contribution >= 4 is 10.9 Å². The molecule has 2 aromatic rings. The van der Waals surface area contributed by atoms with Crippen molar-refractivity contribution in [3.8, 4) is 0 Å². The van der Waals surface area contributed by atoms with Crippen LogP contribution in [-0.4, -0.2) is 11.2 Å². The first-order chi connectivity index (χ1) is 9.01. The van der Waals surface area contributed by atoms with E-state index in [0.29, 0.717) is 11.1 Å². The zero-order valence-corrected chi connectivity index (χ0v) is 10.1. The second-order valence-corrected chi connectivity index (χ2v) is 4.30. The number of pyridine rings is 1. The Kier molecular flexibility index (Phi) is 4.01. The molecule has 1 unspecified atom stereocenters. The molecule has 19 heavy (non-hydrogen) atoms. The van der Waals surface area contributed by atoms with Gasteiger partial charge in [0.2, 0.25) is 0 Å². The summed E-state index contributed by atoms with van der Waals surface area (Å²) in [7, 11) is 0. The largest absolute Gasteiger partial charge is 0.389 e. The van der Waals surface area contributed by atoms with Crippen molar-refractivity contribution in [3.05, 3.63) is 42.1 Å². The van der Waals surface area contributed by atoms with Crippen molar-refractivity contribution in [1.29, 1.82) is 0 Å². The number of halogens is 3. The fourth-order valence-corrected chi connectivity index (χ4v) is 2.05. The summed E-state index contributed by atoms with van der Waals surface area (Å²) in [6.45, 7) is 0. The van der Waals surface area contributed by atoms with E-state index >= 15 is 0 Å². The predicted molar refractivity (Wildman–Crippen MR) is 67.1 cm³/mol. The normalized spacial score (nSPS) is 13.7. The van der Waals surface area contributed by atoms with Crippen molar-refractivity contribution < 1.29 is 13.2 Å². The first-order valence-corrected chi connectivity index (χ1v) is 5.88. The summed E-state index contributed by atoms with van der Waals surface area (Å²) in [5.41, 5.74) is 3.80. The summed E-state index contributed by atoms with van der Waals surface area (Å²) < 4.78 is 36.9. The van der Waals surface area contributed by atoms with Crippen LogP contribution in [0.25, 0.3) is 10.9 Å². The summed E-state index contributed by atoms with van der Waals surface area (Å²) in [4.78, 5) is 4.22. The molecule has 0 bridgehead atoms. The van der Waals surface area contributed by atoms with Crippen molar-refractivity contribution in [1.82, 2.24) is 10.4 Å². The molecule has 0 saturated heterocycles. The molecule has 6 heteroatoms. The van der Waals surface area contributed by atoms with Gasteiger partial charge in [-0.05, 0) is 18.1 Å². The number of rotatable bonds is 4. The van der Waals surface area contributed by atoms with Crippen molar-refractivity contribution in [2.75, 3.05) is 0 Å². The number of aromatic nitrogens is 1. The van der Waals surface area contributed by atoms with Gasteiger partial charge in [-0.2, -0.15) is 13.2 Å². The van der Waals surface area contributed by atoms with Crippen LogP contribution in [0.1, 0.15) is 24.4 Å². The summed E-state index contributed by atoms with van der Waals surface area (Å²) in [5, 5.41) is 0.882. The molecular formula is C13H14F3N3. The van der Waals surface area contributed by atoms with Crippen molar-refractivity contribution in [2.24, 2.45) is 5.84 Å². The van der Waals surface area contributed by atoms with Crippen molar-refractivity contribution in [3.63, 3.8) is 0 Å². The van der Waals surface area contributed by atoms with Crippen LogP contribution >= 0.6 is 0 Å². The lowest BCUT2D eigenvalue weighted by Gasteiger charge is -2.18. The van der Waals surface area contributed by atoms with E-state index in [1.807, 2.05) is 12.1 Å². The molecule has 102 valence electrons. The monoisotopic (exact) mass is 269 g/mol. The van der Waals surface area contributed by atoms with Gasteiger partial charge in [0.15, 0.2) is 0 Å². The third kappa shape index (κ3) is 3.42. The standard InChI is InChI=1S/C13H14F3N3/c14-13(15,16)7-6-11(19-17)10-5-1-3-9-4-2-8-18-12(9)10/h1-5,8,11,19H,6-7,17H2. The molecular weight excluding hydrogens is 255 g/mol. The second kappa shape index (κ2) is 5.54. The first-order valence-electron chi connectivity index (χ1n) is 5.88. The highest BCUT2D eigenvalue weighted by molar-refractivity contribution is 5.81. The molecule has 1 aromatic heterocycles. The smallest absolute Gasteiger partial charge is 0.271 e. The minimum atomic E-state index is -4.19. The Balaban J connectivity index is 2.30. The Morgan fingerprint density at radius 3 is 2.63 bits per heavy atom. The molecule has 1 heterocycles. The van der Waals surface area contributed by atoms with E-state index in [-0.39, 0.29) is 6.42 Å². The van der Waals surface area contributed by atoms with Crippen LogP contribution in [0.15, 0.2) is 36.5 Å². The van der Waals surface area contributed by atoms with Crippen LogP contribution in [-0.2, 0) is 0 Å². The highest BCUT2D eigenvalue weighted by Crippen LogP contribution is 2.29. The Bertz CT molecular complexity index is 549. The van der Waals surface area contributed by atoms with E-state index in [1.165, 1.54) is 0 Å². The van der Waals surface area contributed by atoms with Gasteiger partial charge in [-0.15, -0.1) is 0 Å². The molecule has 0 spiro atoms. The topological polar surface area (TPSA) is 50.9 Å². The number of hydrogen-bond donors (Lipinski definition) is 2. The molecule has 1 atom stereocenters. The van der Waals surface area contributed by atoms with E-state index in [1.54, 1.807) is 24.4 Å². The molecule has 0 saturated carbocycles. The van der Waals surface area contributed by atoms with Crippen LogP contribution in [0.3, 0.4) is 0 Å². The Morgan fingerprint density at radius 1 is 1.21 bits per heavy atom. The fourth-order valence-electron chi connectivity index (χ4n) is 2.05. The lowest BCUT2D eigenvalue weighted by atomic mass is 9.99. The summed E-state index contributed by atoms with van der Waals surface area (Å²) in [5.74, 6) is 5.38. The number of nitrogens with one attached hydrogen (secondary N) is 1. The summed E-state index contributed by atoms with van der Waals surface area (Å²) in [6, 6.07) is 8.48. The molecule has 0 fully saturated rings. The first kappa shape index (κ1) is 13.8.